The van der Waals surface area contributed by atoms with Gasteiger partial charge >= 0.3 is 0 Å². The summed E-state index contributed by atoms with van der Waals surface area (Å²) in [6.45, 7) is 4.63. The maximum absolute atomic E-state index is 6.17. The average molecular weight is 345 g/mol. The molecule has 3 heteroatoms. The third-order valence-electron chi connectivity index (χ3n) is 4.08. The Morgan fingerprint density at radius 2 is 2.16 bits per heavy atom. The monoisotopic (exact) mass is 343 g/mol. The van der Waals surface area contributed by atoms with E-state index >= 15 is 0 Å². The lowest BCUT2D eigenvalue weighted by atomic mass is 9.96. The zero-order valence-corrected chi connectivity index (χ0v) is 14.0. The molecule has 0 bridgehead atoms. The number of halogens is 2. The summed E-state index contributed by atoms with van der Waals surface area (Å²) in [7, 11) is 0. The maximum atomic E-state index is 6.17. The first kappa shape index (κ1) is 15.2. The predicted molar refractivity (Wildman–Crippen MR) is 88.5 cm³/mol. The maximum Gasteiger partial charge on any atom is 0.0426 e. The lowest BCUT2D eigenvalue weighted by Crippen LogP contribution is -2.25. The van der Waals surface area contributed by atoms with Crippen LogP contribution in [0.1, 0.15) is 44.6 Å². The quantitative estimate of drug-likeness (QED) is 0.639. The van der Waals surface area contributed by atoms with Gasteiger partial charge in [-0.3, -0.25) is 0 Å². The first-order valence-corrected chi connectivity index (χ1v) is 8.84. The molecule has 1 aliphatic heterocycles. The van der Waals surface area contributed by atoms with Gasteiger partial charge in [0.1, 0.15) is 0 Å². The third kappa shape index (κ3) is 4.13. The van der Waals surface area contributed by atoms with Crippen LogP contribution in [0.4, 0.5) is 5.69 Å². The van der Waals surface area contributed by atoms with Gasteiger partial charge in [0, 0.05) is 29.1 Å². The Morgan fingerprint density at radius 1 is 1.32 bits per heavy atom. The van der Waals surface area contributed by atoms with Crippen LogP contribution in [0.2, 0.25) is 5.02 Å². The number of alkyl halides is 1. The van der Waals surface area contributed by atoms with Gasteiger partial charge < -0.3 is 4.90 Å². The highest BCUT2D eigenvalue weighted by molar-refractivity contribution is 9.08. The van der Waals surface area contributed by atoms with Crippen LogP contribution >= 0.6 is 27.5 Å². The highest BCUT2D eigenvalue weighted by Crippen LogP contribution is 2.30. The van der Waals surface area contributed by atoms with Crippen molar-refractivity contribution in [1.29, 1.82) is 0 Å². The minimum Gasteiger partial charge on any atom is -0.371 e. The lowest BCUT2D eigenvalue weighted by Gasteiger charge is -2.25. The summed E-state index contributed by atoms with van der Waals surface area (Å²) < 4.78 is 0. The van der Waals surface area contributed by atoms with E-state index in [9.17, 15) is 0 Å². The zero-order chi connectivity index (χ0) is 13.7. The van der Waals surface area contributed by atoms with Crippen molar-refractivity contribution < 1.29 is 0 Å². The molecular weight excluding hydrogens is 322 g/mol. The van der Waals surface area contributed by atoms with Gasteiger partial charge in [-0.15, -0.1) is 0 Å². The van der Waals surface area contributed by atoms with Crippen LogP contribution in [0.3, 0.4) is 0 Å². The molecule has 0 saturated carbocycles. The smallest absolute Gasteiger partial charge is 0.0426 e. The van der Waals surface area contributed by atoms with Crippen molar-refractivity contribution >= 4 is 33.2 Å². The number of hydrogen-bond acceptors (Lipinski definition) is 1. The zero-order valence-electron chi connectivity index (χ0n) is 11.7. The summed E-state index contributed by atoms with van der Waals surface area (Å²) in [5, 5.41) is 1.74. The molecule has 0 aliphatic carbocycles. The molecule has 0 aromatic heterocycles. The molecule has 19 heavy (non-hydrogen) atoms. The number of anilines is 1. The molecule has 1 saturated heterocycles. The molecule has 0 N–H and O–H groups in total. The van der Waals surface area contributed by atoms with E-state index in [-0.39, 0.29) is 0 Å². The van der Waals surface area contributed by atoms with E-state index in [4.69, 9.17) is 11.6 Å². The highest BCUT2D eigenvalue weighted by atomic mass is 79.9. The molecule has 0 radical (unpaired) electrons. The fourth-order valence-electron chi connectivity index (χ4n) is 3.05. The van der Waals surface area contributed by atoms with Crippen LogP contribution in [0.5, 0.6) is 0 Å². The summed E-state index contributed by atoms with van der Waals surface area (Å²) in [5.74, 6) is 0.918. The largest absolute Gasteiger partial charge is 0.371 e. The molecule has 0 spiro atoms. The second-order valence-corrected chi connectivity index (χ2v) is 6.48. The summed E-state index contributed by atoms with van der Waals surface area (Å²) in [6.07, 6.45) is 6.71. The number of hydrogen-bond donors (Lipinski definition) is 0. The van der Waals surface area contributed by atoms with Crippen molar-refractivity contribution in [3.05, 3.63) is 28.8 Å². The number of nitrogens with zero attached hydrogens (tertiary/aromatic N) is 1. The Kier molecular flexibility index (Phi) is 6.03. The summed E-state index contributed by atoms with van der Waals surface area (Å²) >= 11 is 9.76. The van der Waals surface area contributed by atoms with Gasteiger partial charge in [-0.05, 0) is 42.9 Å². The van der Waals surface area contributed by atoms with E-state index < -0.39 is 0 Å². The van der Waals surface area contributed by atoms with Crippen LogP contribution in [0.25, 0.3) is 0 Å². The minimum atomic E-state index is 0.842. The molecule has 0 amide bonds. The molecule has 106 valence electrons. The molecule has 1 unspecified atom stereocenters. The van der Waals surface area contributed by atoms with Crippen molar-refractivity contribution in [2.75, 3.05) is 18.0 Å². The Labute approximate surface area is 130 Å². The van der Waals surface area contributed by atoms with E-state index in [2.05, 4.69) is 39.9 Å². The van der Waals surface area contributed by atoms with Crippen LogP contribution in [-0.2, 0) is 5.33 Å². The Balaban J connectivity index is 2.11. The van der Waals surface area contributed by atoms with Crippen molar-refractivity contribution in [2.24, 2.45) is 5.92 Å². The molecule has 2 rings (SSSR count). The Bertz CT molecular complexity index is 408. The molecule has 1 nitrogen and oxygen atoms in total. The summed E-state index contributed by atoms with van der Waals surface area (Å²) in [6, 6.07) is 6.25. The highest BCUT2D eigenvalue weighted by Gasteiger charge is 2.18. The summed E-state index contributed by atoms with van der Waals surface area (Å²) in [4.78, 5) is 2.53. The van der Waals surface area contributed by atoms with E-state index in [1.165, 1.54) is 56.4 Å². The van der Waals surface area contributed by atoms with Crippen molar-refractivity contribution in [2.45, 2.75) is 44.4 Å². The summed E-state index contributed by atoms with van der Waals surface area (Å²) in [5.41, 5.74) is 2.67. The SMILES string of the molecule is CCCC1CCCN(c2cc(Cl)ccc2CBr)CC1. The van der Waals surface area contributed by atoms with Crippen molar-refractivity contribution in [1.82, 2.24) is 0 Å². The fraction of sp³-hybridized carbons (Fsp3) is 0.625. The molecule has 1 atom stereocenters. The van der Waals surface area contributed by atoms with E-state index in [0.717, 1.165) is 16.3 Å². The van der Waals surface area contributed by atoms with E-state index in [0.29, 0.717) is 0 Å². The van der Waals surface area contributed by atoms with Gasteiger partial charge in [0.25, 0.3) is 0 Å². The first-order valence-electron chi connectivity index (χ1n) is 7.34. The molecule has 1 fully saturated rings. The molecule has 1 heterocycles. The van der Waals surface area contributed by atoms with Crippen LogP contribution in [0.15, 0.2) is 18.2 Å². The van der Waals surface area contributed by atoms with Crippen LogP contribution in [-0.4, -0.2) is 13.1 Å². The van der Waals surface area contributed by atoms with E-state index in [1.807, 2.05) is 6.07 Å². The van der Waals surface area contributed by atoms with Gasteiger partial charge in [-0.25, -0.2) is 0 Å². The predicted octanol–water partition coefficient (Wildman–Crippen LogP) is 5.64. The topological polar surface area (TPSA) is 3.24 Å². The molecular formula is C16H23BrClN. The van der Waals surface area contributed by atoms with Crippen LogP contribution in [0, 0.1) is 5.92 Å². The second-order valence-electron chi connectivity index (χ2n) is 5.48. The molecule has 1 aromatic carbocycles. The minimum absolute atomic E-state index is 0.842. The average Bonchev–Trinajstić information content (AvgIpc) is 2.65. The van der Waals surface area contributed by atoms with Crippen LogP contribution < -0.4 is 4.90 Å². The first-order chi connectivity index (χ1) is 9.24. The second kappa shape index (κ2) is 7.54. The van der Waals surface area contributed by atoms with Gasteiger partial charge in [0.15, 0.2) is 0 Å². The Hall–Kier alpha value is -0.210. The fourth-order valence-corrected chi connectivity index (χ4v) is 3.69. The normalized spacial score (nSPS) is 20.4. The molecule has 1 aromatic rings. The van der Waals surface area contributed by atoms with Gasteiger partial charge in [0.2, 0.25) is 0 Å². The van der Waals surface area contributed by atoms with E-state index in [1.54, 1.807) is 0 Å². The number of rotatable bonds is 4. The van der Waals surface area contributed by atoms with Gasteiger partial charge in [-0.1, -0.05) is 53.4 Å². The van der Waals surface area contributed by atoms with Gasteiger partial charge in [-0.2, -0.15) is 0 Å². The third-order valence-corrected chi connectivity index (χ3v) is 4.92. The van der Waals surface area contributed by atoms with Crippen molar-refractivity contribution in [3.8, 4) is 0 Å². The standard InChI is InChI=1S/C16H23BrClN/c1-2-4-13-5-3-9-19(10-8-13)16-11-15(18)7-6-14(16)12-17/h6-7,11,13H,2-5,8-10,12H2,1H3. The molecule has 1 aliphatic rings. The van der Waals surface area contributed by atoms with Gasteiger partial charge in [0.05, 0.1) is 0 Å². The van der Waals surface area contributed by atoms with Crippen molar-refractivity contribution in [3.63, 3.8) is 0 Å². The number of benzene rings is 1. The Morgan fingerprint density at radius 3 is 2.89 bits per heavy atom. The lowest BCUT2D eigenvalue weighted by molar-refractivity contribution is 0.435.